The van der Waals surface area contributed by atoms with E-state index in [2.05, 4.69) is 47.0 Å². The van der Waals surface area contributed by atoms with Crippen molar-refractivity contribution in [2.45, 2.75) is 31.8 Å². The van der Waals surface area contributed by atoms with E-state index in [9.17, 15) is 4.79 Å². The Hall–Kier alpha value is -2.91. The summed E-state index contributed by atoms with van der Waals surface area (Å²) in [7, 11) is 0. The summed E-state index contributed by atoms with van der Waals surface area (Å²) >= 11 is 0. The van der Waals surface area contributed by atoms with E-state index in [-0.39, 0.29) is 5.91 Å². The number of hydrogen-bond acceptors (Lipinski definition) is 2. The van der Waals surface area contributed by atoms with Crippen molar-refractivity contribution in [1.29, 1.82) is 0 Å². The fourth-order valence-electron chi connectivity index (χ4n) is 3.44. The summed E-state index contributed by atoms with van der Waals surface area (Å²) < 4.78 is 0. The Kier molecular flexibility index (Phi) is 5.03. The van der Waals surface area contributed by atoms with Crippen LogP contribution in [0, 0.1) is 6.92 Å². The lowest BCUT2D eigenvalue weighted by molar-refractivity contribution is 0.102. The average molecular weight is 356 g/mol. The van der Waals surface area contributed by atoms with Gasteiger partial charge in [0.15, 0.2) is 0 Å². The Morgan fingerprint density at radius 3 is 2.48 bits per heavy atom. The van der Waals surface area contributed by atoms with Crippen LogP contribution in [0.5, 0.6) is 0 Å². The molecule has 0 spiro atoms. The molecule has 1 aliphatic rings. The predicted octanol–water partition coefficient (Wildman–Crippen LogP) is 4.89. The van der Waals surface area contributed by atoms with E-state index in [4.69, 9.17) is 0 Å². The van der Waals surface area contributed by atoms with Crippen molar-refractivity contribution in [3.8, 4) is 0 Å². The van der Waals surface area contributed by atoms with E-state index in [0.29, 0.717) is 17.5 Å². The molecule has 136 valence electrons. The number of aryl methyl sites for hydroxylation is 1. The number of rotatable bonds is 6. The molecule has 4 rings (SSSR count). The fraction of sp³-hybridized carbons (Fsp3) is 0.208. The Morgan fingerprint density at radius 2 is 1.74 bits per heavy atom. The first kappa shape index (κ1) is 17.5. The maximum absolute atomic E-state index is 12.3. The van der Waals surface area contributed by atoms with Crippen LogP contribution in [0.1, 0.15) is 39.4 Å². The number of carbonyl (C=O) groups is 1. The topological polar surface area (TPSA) is 41.1 Å². The van der Waals surface area contributed by atoms with Crippen LogP contribution in [0.2, 0.25) is 0 Å². The van der Waals surface area contributed by atoms with Gasteiger partial charge in [0.2, 0.25) is 0 Å². The molecule has 1 saturated carbocycles. The van der Waals surface area contributed by atoms with Crippen LogP contribution in [0.4, 0.5) is 5.69 Å². The van der Waals surface area contributed by atoms with Crippen LogP contribution in [0.3, 0.4) is 0 Å². The molecule has 1 aliphatic carbocycles. The highest BCUT2D eigenvalue weighted by Gasteiger charge is 2.37. The summed E-state index contributed by atoms with van der Waals surface area (Å²) in [6.45, 7) is 2.90. The number of nitrogens with one attached hydrogen (secondary N) is 2. The number of hydrogen-bond donors (Lipinski definition) is 2. The van der Waals surface area contributed by atoms with Crippen LogP contribution in [-0.2, 0) is 6.54 Å². The molecule has 0 bridgehead atoms. The summed E-state index contributed by atoms with van der Waals surface area (Å²) in [4.78, 5) is 12.3. The van der Waals surface area contributed by atoms with Gasteiger partial charge in [0.25, 0.3) is 5.91 Å². The second-order valence-corrected chi connectivity index (χ2v) is 7.26. The molecule has 0 aromatic heterocycles. The molecular formula is C24H24N2O. The van der Waals surface area contributed by atoms with Crippen molar-refractivity contribution in [2.24, 2.45) is 0 Å². The largest absolute Gasteiger partial charge is 0.322 e. The van der Waals surface area contributed by atoms with Gasteiger partial charge >= 0.3 is 0 Å². The zero-order chi connectivity index (χ0) is 18.6. The number of amides is 1. The SMILES string of the molecule is Cc1cccc(C(=O)Nc2ccc(C3CC3NCc3ccccc3)cc2)c1. The van der Waals surface area contributed by atoms with Gasteiger partial charge in [0.05, 0.1) is 0 Å². The Morgan fingerprint density at radius 1 is 0.963 bits per heavy atom. The van der Waals surface area contributed by atoms with Crippen LogP contribution in [0.15, 0.2) is 78.9 Å². The molecule has 27 heavy (non-hydrogen) atoms. The third-order valence-corrected chi connectivity index (χ3v) is 5.08. The van der Waals surface area contributed by atoms with Crippen molar-refractivity contribution < 1.29 is 4.79 Å². The standard InChI is InChI=1S/C24H24N2O/c1-17-6-5-9-20(14-17)24(27)26-21-12-10-19(11-13-21)22-15-23(22)25-16-18-7-3-2-4-8-18/h2-14,22-23,25H,15-16H2,1H3,(H,26,27). The van der Waals surface area contributed by atoms with Crippen molar-refractivity contribution in [1.82, 2.24) is 5.32 Å². The third kappa shape index (κ3) is 4.44. The monoisotopic (exact) mass is 356 g/mol. The second-order valence-electron chi connectivity index (χ2n) is 7.26. The van der Waals surface area contributed by atoms with Gasteiger partial charge in [-0.05, 0) is 48.7 Å². The molecule has 2 atom stereocenters. The quantitative estimate of drug-likeness (QED) is 0.660. The molecule has 1 amide bonds. The van der Waals surface area contributed by atoms with E-state index < -0.39 is 0 Å². The molecule has 0 aliphatic heterocycles. The second kappa shape index (κ2) is 7.77. The fourth-order valence-corrected chi connectivity index (χ4v) is 3.44. The van der Waals surface area contributed by atoms with Crippen molar-refractivity contribution in [3.05, 3.63) is 101 Å². The Bertz CT molecular complexity index is 919. The van der Waals surface area contributed by atoms with E-state index in [1.54, 1.807) is 0 Å². The normalized spacial score (nSPS) is 18.1. The van der Waals surface area contributed by atoms with Crippen LogP contribution in [-0.4, -0.2) is 11.9 Å². The Labute approximate surface area is 160 Å². The molecule has 0 saturated heterocycles. The van der Waals surface area contributed by atoms with Gasteiger partial charge in [-0.15, -0.1) is 0 Å². The summed E-state index contributed by atoms with van der Waals surface area (Å²) in [5, 5.41) is 6.60. The molecule has 0 radical (unpaired) electrons. The first-order valence-corrected chi connectivity index (χ1v) is 9.44. The first-order chi connectivity index (χ1) is 13.2. The van der Waals surface area contributed by atoms with Gasteiger partial charge in [0, 0.05) is 29.8 Å². The zero-order valence-corrected chi connectivity index (χ0v) is 15.5. The molecule has 3 heteroatoms. The minimum absolute atomic E-state index is 0.0692. The summed E-state index contributed by atoms with van der Waals surface area (Å²) in [6.07, 6.45) is 1.17. The van der Waals surface area contributed by atoms with Crippen LogP contribution >= 0.6 is 0 Å². The van der Waals surface area contributed by atoms with Gasteiger partial charge in [-0.3, -0.25) is 4.79 Å². The molecule has 1 fully saturated rings. The zero-order valence-electron chi connectivity index (χ0n) is 15.5. The van der Waals surface area contributed by atoms with Crippen molar-refractivity contribution in [2.75, 3.05) is 5.32 Å². The molecule has 3 nitrogen and oxygen atoms in total. The lowest BCUT2D eigenvalue weighted by Crippen LogP contribution is -2.17. The first-order valence-electron chi connectivity index (χ1n) is 9.44. The van der Waals surface area contributed by atoms with Crippen molar-refractivity contribution >= 4 is 11.6 Å². The van der Waals surface area contributed by atoms with Crippen LogP contribution in [0.25, 0.3) is 0 Å². The van der Waals surface area contributed by atoms with E-state index >= 15 is 0 Å². The smallest absolute Gasteiger partial charge is 0.255 e. The molecule has 2 N–H and O–H groups in total. The molecule has 0 heterocycles. The summed E-state index contributed by atoms with van der Waals surface area (Å²) in [6, 6.07) is 26.9. The molecule has 3 aromatic rings. The van der Waals surface area contributed by atoms with Crippen LogP contribution < -0.4 is 10.6 Å². The number of benzene rings is 3. The minimum Gasteiger partial charge on any atom is -0.322 e. The van der Waals surface area contributed by atoms with E-state index in [1.807, 2.05) is 49.4 Å². The van der Waals surface area contributed by atoms with E-state index in [1.165, 1.54) is 17.5 Å². The summed E-state index contributed by atoms with van der Waals surface area (Å²) in [5.74, 6) is 0.496. The predicted molar refractivity (Wildman–Crippen MR) is 110 cm³/mol. The van der Waals surface area contributed by atoms with Crippen molar-refractivity contribution in [3.63, 3.8) is 0 Å². The highest BCUT2D eigenvalue weighted by Crippen LogP contribution is 2.41. The minimum atomic E-state index is -0.0692. The number of carbonyl (C=O) groups excluding carboxylic acids is 1. The third-order valence-electron chi connectivity index (χ3n) is 5.08. The lowest BCUT2D eigenvalue weighted by atomic mass is 10.1. The number of anilines is 1. The summed E-state index contributed by atoms with van der Waals surface area (Å²) in [5.41, 5.74) is 5.25. The van der Waals surface area contributed by atoms with E-state index in [0.717, 1.165) is 17.8 Å². The van der Waals surface area contributed by atoms with Gasteiger partial charge < -0.3 is 10.6 Å². The molecule has 3 aromatic carbocycles. The molecule has 2 unspecified atom stereocenters. The maximum atomic E-state index is 12.3. The highest BCUT2D eigenvalue weighted by atomic mass is 16.1. The maximum Gasteiger partial charge on any atom is 0.255 e. The molecular weight excluding hydrogens is 332 g/mol. The van der Waals surface area contributed by atoms with Gasteiger partial charge in [0.1, 0.15) is 0 Å². The van der Waals surface area contributed by atoms with Gasteiger partial charge in [-0.2, -0.15) is 0 Å². The van der Waals surface area contributed by atoms with Gasteiger partial charge in [-0.1, -0.05) is 60.2 Å². The average Bonchev–Trinajstić information content (AvgIpc) is 3.47. The highest BCUT2D eigenvalue weighted by molar-refractivity contribution is 6.04. The Balaban J connectivity index is 1.31. The van der Waals surface area contributed by atoms with Gasteiger partial charge in [-0.25, -0.2) is 0 Å². The lowest BCUT2D eigenvalue weighted by Gasteiger charge is -2.08.